The Morgan fingerprint density at radius 1 is 1.25 bits per heavy atom. The van der Waals surface area contributed by atoms with Crippen LogP contribution in [0.1, 0.15) is 24.5 Å². The van der Waals surface area contributed by atoms with Gasteiger partial charge in [-0.25, -0.2) is 10.2 Å². The van der Waals surface area contributed by atoms with Crippen molar-refractivity contribution in [3.63, 3.8) is 0 Å². The molecule has 0 radical (unpaired) electrons. The molecule has 28 heavy (non-hydrogen) atoms. The van der Waals surface area contributed by atoms with E-state index in [9.17, 15) is 9.90 Å². The molecule has 1 fully saturated rings. The molecular weight excluding hydrogens is 352 g/mol. The number of hydrogen-bond donors (Lipinski definition) is 2. The van der Waals surface area contributed by atoms with E-state index in [2.05, 4.69) is 60.5 Å². The van der Waals surface area contributed by atoms with Gasteiger partial charge in [-0.1, -0.05) is 37.3 Å². The molecule has 2 N–H and O–H groups in total. The summed E-state index contributed by atoms with van der Waals surface area (Å²) < 4.78 is 0. The highest BCUT2D eigenvalue weighted by Crippen LogP contribution is 2.51. The van der Waals surface area contributed by atoms with Crippen molar-refractivity contribution in [1.82, 2.24) is 10.3 Å². The Bertz CT molecular complexity index is 872. The molecule has 6 heteroatoms. The average Bonchev–Trinajstić information content (AvgIpc) is 3.11. The number of likely N-dealkylation sites (tertiary alicyclic amines) is 1. The molecule has 1 unspecified atom stereocenters. The summed E-state index contributed by atoms with van der Waals surface area (Å²) in [5.41, 5.74) is 7.25. The Labute approximate surface area is 166 Å². The summed E-state index contributed by atoms with van der Waals surface area (Å²) >= 11 is 0. The normalized spacial score (nSPS) is 23.4. The predicted octanol–water partition coefficient (Wildman–Crippen LogP) is 3.29. The number of nitrogens with one attached hydrogen (secondary N) is 1. The second-order valence-corrected chi connectivity index (χ2v) is 8.14. The van der Waals surface area contributed by atoms with E-state index >= 15 is 0 Å². The summed E-state index contributed by atoms with van der Waals surface area (Å²) in [4.78, 5) is 16.2. The standard InChI is InChI=1S/C22H28N4O2/c1-22-12-14-24(2)20(22)25(3)19-10-9-17(15-18(19)22)26(23-21(27)28)13-11-16-7-5-4-6-8-16/h4-10,15,20,23H,11-14H2,1-3H3,(H,27,28)/t20?,22-/m0/s1. The third-order valence-corrected chi connectivity index (χ3v) is 6.32. The van der Waals surface area contributed by atoms with Crippen LogP contribution in [0.2, 0.25) is 0 Å². The quantitative estimate of drug-likeness (QED) is 0.780. The van der Waals surface area contributed by atoms with E-state index in [1.165, 1.54) is 16.8 Å². The van der Waals surface area contributed by atoms with E-state index in [4.69, 9.17) is 0 Å². The molecule has 4 rings (SSSR count). The molecule has 6 nitrogen and oxygen atoms in total. The van der Waals surface area contributed by atoms with Gasteiger partial charge in [0.1, 0.15) is 0 Å². The molecule has 1 amide bonds. The Morgan fingerprint density at radius 2 is 2.00 bits per heavy atom. The molecule has 2 atom stereocenters. The van der Waals surface area contributed by atoms with Crippen LogP contribution in [0.3, 0.4) is 0 Å². The fraction of sp³-hybridized carbons (Fsp3) is 0.409. The average molecular weight is 380 g/mol. The Kier molecular flexibility index (Phi) is 4.67. The molecule has 2 heterocycles. The molecule has 0 spiro atoms. The maximum atomic E-state index is 11.4. The molecule has 2 aliphatic heterocycles. The number of hydrazine groups is 1. The summed E-state index contributed by atoms with van der Waals surface area (Å²) in [7, 11) is 4.33. The first kappa shape index (κ1) is 18.6. The smallest absolute Gasteiger partial charge is 0.423 e. The molecule has 0 aliphatic carbocycles. The number of carboxylic acid groups (broad SMARTS) is 1. The summed E-state index contributed by atoms with van der Waals surface area (Å²) in [6, 6.07) is 16.4. The lowest BCUT2D eigenvalue weighted by Gasteiger charge is -2.32. The first-order chi connectivity index (χ1) is 13.4. The van der Waals surface area contributed by atoms with Gasteiger partial charge in [-0.3, -0.25) is 9.91 Å². The van der Waals surface area contributed by atoms with Crippen molar-refractivity contribution in [2.24, 2.45) is 0 Å². The fourth-order valence-electron chi connectivity index (χ4n) is 4.98. The van der Waals surface area contributed by atoms with Gasteiger partial charge in [0, 0.05) is 31.2 Å². The van der Waals surface area contributed by atoms with Crippen molar-refractivity contribution in [2.45, 2.75) is 31.3 Å². The van der Waals surface area contributed by atoms with Crippen LogP contribution in [0, 0.1) is 0 Å². The molecule has 0 bridgehead atoms. The van der Waals surface area contributed by atoms with Crippen LogP contribution in [-0.2, 0) is 11.8 Å². The summed E-state index contributed by atoms with van der Waals surface area (Å²) in [6.45, 7) is 3.97. The zero-order valence-corrected chi connectivity index (χ0v) is 16.7. The lowest BCUT2D eigenvalue weighted by atomic mass is 9.81. The van der Waals surface area contributed by atoms with Gasteiger partial charge in [-0.2, -0.15) is 0 Å². The van der Waals surface area contributed by atoms with E-state index in [-0.39, 0.29) is 5.41 Å². The number of nitrogens with zero attached hydrogens (tertiary/aromatic N) is 3. The fourth-order valence-corrected chi connectivity index (χ4v) is 4.98. The van der Waals surface area contributed by atoms with Crippen molar-refractivity contribution >= 4 is 17.5 Å². The summed E-state index contributed by atoms with van der Waals surface area (Å²) in [5.74, 6) is 0. The maximum absolute atomic E-state index is 11.4. The highest BCUT2D eigenvalue weighted by Gasteiger charge is 2.52. The van der Waals surface area contributed by atoms with E-state index < -0.39 is 6.09 Å². The molecular formula is C22H28N4O2. The number of rotatable bonds is 5. The van der Waals surface area contributed by atoms with Crippen LogP contribution in [0.4, 0.5) is 16.2 Å². The minimum atomic E-state index is -1.05. The second-order valence-electron chi connectivity index (χ2n) is 8.14. The number of likely N-dealkylation sites (N-methyl/N-ethyl adjacent to an activating group) is 2. The lowest BCUT2D eigenvalue weighted by molar-refractivity contribution is 0.193. The minimum absolute atomic E-state index is 0.0587. The van der Waals surface area contributed by atoms with Crippen LogP contribution >= 0.6 is 0 Å². The van der Waals surface area contributed by atoms with Gasteiger partial charge >= 0.3 is 6.09 Å². The summed E-state index contributed by atoms with van der Waals surface area (Å²) in [5, 5.41) is 11.1. The van der Waals surface area contributed by atoms with Crippen molar-refractivity contribution < 1.29 is 9.90 Å². The van der Waals surface area contributed by atoms with Crippen LogP contribution in [0.5, 0.6) is 0 Å². The molecule has 0 saturated carbocycles. The Hall–Kier alpha value is -2.73. The Morgan fingerprint density at radius 3 is 2.71 bits per heavy atom. The molecule has 148 valence electrons. The topological polar surface area (TPSA) is 59.1 Å². The largest absolute Gasteiger partial charge is 0.464 e. The first-order valence-corrected chi connectivity index (χ1v) is 9.79. The zero-order valence-electron chi connectivity index (χ0n) is 16.7. The number of hydrogen-bond acceptors (Lipinski definition) is 4. The third kappa shape index (κ3) is 3.07. The van der Waals surface area contributed by atoms with Crippen LogP contribution in [0.25, 0.3) is 0 Å². The third-order valence-electron chi connectivity index (χ3n) is 6.32. The highest BCUT2D eigenvalue weighted by atomic mass is 16.4. The van der Waals surface area contributed by atoms with Gasteiger partial charge in [0.2, 0.25) is 0 Å². The molecule has 2 aromatic rings. The van der Waals surface area contributed by atoms with Crippen LogP contribution in [-0.4, -0.2) is 49.5 Å². The number of carbonyl (C=O) groups is 1. The molecule has 2 aliphatic rings. The van der Waals surface area contributed by atoms with E-state index in [0.29, 0.717) is 12.7 Å². The summed E-state index contributed by atoms with van der Waals surface area (Å²) in [6.07, 6.45) is 1.17. The van der Waals surface area contributed by atoms with Gasteiger partial charge in [0.25, 0.3) is 0 Å². The SMILES string of the molecule is CN1CC[C@@]2(C)c3cc(N(CCc4ccccc4)NC(=O)O)ccc3N(C)C12. The Balaban J connectivity index is 1.63. The minimum Gasteiger partial charge on any atom is -0.464 e. The maximum Gasteiger partial charge on any atom is 0.423 e. The van der Waals surface area contributed by atoms with E-state index in [1.807, 2.05) is 24.3 Å². The second kappa shape index (κ2) is 7.02. The van der Waals surface area contributed by atoms with Gasteiger partial charge < -0.3 is 10.0 Å². The molecule has 1 saturated heterocycles. The van der Waals surface area contributed by atoms with Crippen LogP contribution < -0.4 is 15.3 Å². The van der Waals surface area contributed by atoms with Crippen molar-refractivity contribution in [3.8, 4) is 0 Å². The number of fused-ring (bicyclic) bond motifs is 3. The number of amides is 1. The lowest BCUT2D eigenvalue weighted by Crippen LogP contribution is -2.45. The van der Waals surface area contributed by atoms with Crippen molar-refractivity contribution in [3.05, 3.63) is 59.7 Å². The highest BCUT2D eigenvalue weighted by molar-refractivity contribution is 5.72. The van der Waals surface area contributed by atoms with E-state index in [1.54, 1.807) is 5.01 Å². The predicted molar refractivity (Wildman–Crippen MR) is 112 cm³/mol. The number of benzene rings is 2. The zero-order chi connectivity index (χ0) is 19.9. The monoisotopic (exact) mass is 380 g/mol. The van der Waals surface area contributed by atoms with E-state index in [0.717, 1.165) is 25.1 Å². The van der Waals surface area contributed by atoms with Gasteiger partial charge in [0.15, 0.2) is 0 Å². The molecule has 0 aromatic heterocycles. The number of anilines is 2. The van der Waals surface area contributed by atoms with Gasteiger partial charge in [-0.15, -0.1) is 0 Å². The van der Waals surface area contributed by atoms with Crippen molar-refractivity contribution in [2.75, 3.05) is 37.1 Å². The van der Waals surface area contributed by atoms with Crippen LogP contribution in [0.15, 0.2) is 48.5 Å². The van der Waals surface area contributed by atoms with Gasteiger partial charge in [-0.05, 0) is 49.2 Å². The van der Waals surface area contributed by atoms with Crippen molar-refractivity contribution in [1.29, 1.82) is 0 Å². The molecule has 2 aromatic carbocycles. The first-order valence-electron chi connectivity index (χ1n) is 9.79. The van der Waals surface area contributed by atoms with Gasteiger partial charge in [0.05, 0.1) is 11.9 Å².